The lowest BCUT2D eigenvalue weighted by atomic mass is 10.2. The van der Waals surface area contributed by atoms with E-state index < -0.39 is 10.0 Å². The van der Waals surface area contributed by atoms with Crippen molar-refractivity contribution in [1.29, 1.82) is 0 Å². The van der Waals surface area contributed by atoms with Crippen molar-refractivity contribution in [1.82, 2.24) is 14.2 Å². The highest BCUT2D eigenvalue weighted by Crippen LogP contribution is 2.22. The molecule has 1 saturated carbocycles. The van der Waals surface area contributed by atoms with Gasteiger partial charge in [-0.3, -0.25) is 0 Å². The number of aromatic nitrogens is 1. The molecule has 2 heterocycles. The highest BCUT2D eigenvalue weighted by atomic mass is 32.2. The Morgan fingerprint density at radius 2 is 1.82 bits per heavy atom. The molecule has 0 bridgehead atoms. The minimum atomic E-state index is -3.41. The number of rotatable bonds is 4. The lowest BCUT2D eigenvalue weighted by Crippen LogP contribution is -2.47. The van der Waals surface area contributed by atoms with Gasteiger partial charge in [0.15, 0.2) is 0 Å². The second-order valence-electron chi connectivity index (χ2n) is 6.21. The van der Waals surface area contributed by atoms with Crippen molar-refractivity contribution in [3.8, 4) is 0 Å². The molecule has 1 aliphatic heterocycles. The maximum Gasteiger partial charge on any atom is 0.244 e. The summed E-state index contributed by atoms with van der Waals surface area (Å²) in [5.74, 6) is 0.768. The van der Waals surface area contributed by atoms with Gasteiger partial charge in [0, 0.05) is 38.4 Å². The van der Waals surface area contributed by atoms with Crippen LogP contribution in [0.15, 0.2) is 23.2 Å². The highest BCUT2D eigenvalue weighted by Gasteiger charge is 2.27. The number of sulfonamides is 1. The van der Waals surface area contributed by atoms with Gasteiger partial charge in [-0.1, -0.05) is 12.8 Å². The first-order valence-electron chi connectivity index (χ1n) is 7.97. The van der Waals surface area contributed by atoms with Gasteiger partial charge >= 0.3 is 0 Å². The fourth-order valence-corrected chi connectivity index (χ4v) is 4.44. The molecule has 122 valence electrons. The molecule has 1 saturated heterocycles. The molecule has 0 spiro atoms. The van der Waals surface area contributed by atoms with Crippen LogP contribution in [0.25, 0.3) is 0 Å². The van der Waals surface area contributed by atoms with Gasteiger partial charge in [0.2, 0.25) is 10.0 Å². The van der Waals surface area contributed by atoms with Crippen molar-refractivity contribution < 1.29 is 8.42 Å². The van der Waals surface area contributed by atoms with Crippen molar-refractivity contribution >= 4 is 15.8 Å². The molecule has 0 unspecified atom stereocenters. The van der Waals surface area contributed by atoms with Crippen LogP contribution < -0.4 is 5.32 Å². The molecule has 1 aliphatic carbocycles. The lowest BCUT2D eigenvalue weighted by Gasteiger charge is -2.31. The molecule has 0 amide bonds. The predicted octanol–water partition coefficient (Wildman–Crippen LogP) is 1.37. The van der Waals surface area contributed by atoms with Crippen molar-refractivity contribution in [2.24, 2.45) is 0 Å². The fraction of sp³-hybridized carbons (Fsp3) is 0.667. The van der Waals surface area contributed by atoms with Crippen LogP contribution in [-0.2, 0) is 10.0 Å². The van der Waals surface area contributed by atoms with Gasteiger partial charge in [0.25, 0.3) is 0 Å². The molecule has 1 N–H and O–H groups in total. The summed E-state index contributed by atoms with van der Waals surface area (Å²) in [6.07, 6.45) is 6.33. The van der Waals surface area contributed by atoms with Crippen LogP contribution in [0, 0.1) is 0 Å². The molecule has 0 atom stereocenters. The number of anilines is 1. The van der Waals surface area contributed by atoms with E-state index in [9.17, 15) is 8.42 Å². The zero-order valence-electron chi connectivity index (χ0n) is 13.0. The first-order chi connectivity index (χ1) is 10.6. The Bertz CT molecular complexity index is 588. The molecule has 22 heavy (non-hydrogen) atoms. The van der Waals surface area contributed by atoms with Crippen LogP contribution in [-0.4, -0.2) is 61.9 Å². The van der Waals surface area contributed by atoms with E-state index in [0.717, 1.165) is 18.9 Å². The quantitative estimate of drug-likeness (QED) is 0.906. The van der Waals surface area contributed by atoms with Crippen LogP contribution in [0.4, 0.5) is 5.82 Å². The first kappa shape index (κ1) is 15.7. The van der Waals surface area contributed by atoms with Crippen molar-refractivity contribution in [2.75, 3.05) is 38.5 Å². The predicted molar refractivity (Wildman–Crippen MR) is 86.4 cm³/mol. The van der Waals surface area contributed by atoms with Gasteiger partial charge in [-0.2, -0.15) is 4.31 Å². The van der Waals surface area contributed by atoms with E-state index >= 15 is 0 Å². The number of hydrogen-bond donors (Lipinski definition) is 1. The minimum Gasteiger partial charge on any atom is -0.367 e. The van der Waals surface area contributed by atoms with E-state index in [-0.39, 0.29) is 4.90 Å². The molecule has 0 radical (unpaired) electrons. The van der Waals surface area contributed by atoms with Crippen molar-refractivity contribution in [3.05, 3.63) is 18.3 Å². The Labute approximate surface area is 132 Å². The minimum absolute atomic E-state index is 0.286. The van der Waals surface area contributed by atoms with Crippen LogP contribution in [0.5, 0.6) is 0 Å². The monoisotopic (exact) mass is 324 g/mol. The Kier molecular flexibility index (Phi) is 4.65. The van der Waals surface area contributed by atoms with Gasteiger partial charge in [-0.25, -0.2) is 13.4 Å². The zero-order valence-corrected chi connectivity index (χ0v) is 13.8. The first-order valence-corrected chi connectivity index (χ1v) is 9.41. The van der Waals surface area contributed by atoms with Crippen molar-refractivity contribution in [3.63, 3.8) is 0 Å². The van der Waals surface area contributed by atoms with E-state index in [1.807, 2.05) is 7.05 Å². The summed E-state index contributed by atoms with van der Waals surface area (Å²) in [7, 11) is -1.40. The topological polar surface area (TPSA) is 65.5 Å². The summed E-state index contributed by atoms with van der Waals surface area (Å²) < 4.78 is 26.7. The SMILES string of the molecule is CN1CCN(S(=O)(=O)c2ccc(NC3CCCC3)nc2)CC1. The summed E-state index contributed by atoms with van der Waals surface area (Å²) >= 11 is 0. The van der Waals surface area contributed by atoms with Crippen LogP contribution in [0.3, 0.4) is 0 Å². The van der Waals surface area contributed by atoms with Gasteiger partial charge in [0.05, 0.1) is 0 Å². The Morgan fingerprint density at radius 3 is 2.41 bits per heavy atom. The van der Waals surface area contributed by atoms with E-state index in [0.29, 0.717) is 19.1 Å². The number of hydrogen-bond acceptors (Lipinski definition) is 5. The summed E-state index contributed by atoms with van der Waals surface area (Å²) in [6, 6.07) is 3.92. The second kappa shape index (κ2) is 6.52. The van der Waals surface area contributed by atoms with E-state index in [1.54, 1.807) is 16.4 Å². The third-order valence-electron chi connectivity index (χ3n) is 4.54. The number of nitrogens with one attached hydrogen (secondary N) is 1. The van der Waals surface area contributed by atoms with Crippen LogP contribution >= 0.6 is 0 Å². The second-order valence-corrected chi connectivity index (χ2v) is 8.15. The lowest BCUT2D eigenvalue weighted by molar-refractivity contribution is 0.222. The molecule has 3 rings (SSSR count). The molecule has 1 aromatic rings. The molecular formula is C15H24N4O2S. The molecule has 0 aromatic carbocycles. The Hall–Kier alpha value is -1.18. The summed E-state index contributed by atoms with van der Waals surface area (Å²) in [5.41, 5.74) is 0. The van der Waals surface area contributed by atoms with Crippen molar-refractivity contribution in [2.45, 2.75) is 36.6 Å². The summed E-state index contributed by atoms with van der Waals surface area (Å²) in [6.45, 7) is 2.63. The number of piperazine rings is 1. The molecular weight excluding hydrogens is 300 g/mol. The molecule has 2 fully saturated rings. The number of nitrogens with zero attached hydrogens (tertiary/aromatic N) is 3. The summed E-state index contributed by atoms with van der Waals surface area (Å²) in [4.78, 5) is 6.71. The average Bonchev–Trinajstić information content (AvgIpc) is 3.01. The van der Waals surface area contributed by atoms with Gasteiger partial charge < -0.3 is 10.2 Å². The maximum atomic E-state index is 12.6. The Morgan fingerprint density at radius 1 is 1.14 bits per heavy atom. The van der Waals surface area contributed by atoms with Gasteiger partial charge in [-0.15, -0.1) is 0 Å². The summed E-state index contributed by atoms with van der Waals surface area (Å²) in [5, 5.41) is 3.38. The standard InChI is InChI=1S/C15H24N4O2S/c1-18-8-10-19(11-9-18)22(20,21)14-6-7-15(16-12-14)17-13-4-2-3-5-13/h6-7,12-13H,2-5,8-11H2,1H3,(H,16,17). The van der Waals surface area contributed by atoms with Crippen LogP contribution in [0.2, 0.25) is 0 Å². The largest absolute Gasteiger partial charge is 0.367 e. The zero-order chi connectivity index (χ0) is 15.6. The van der Waals surface area contributed by atoms with Crippen LogP contribution in [0.1, 0.15) is 25.7 Å². The smallest absolute Gasteiger partial charge is 0.244 e. The third-order valence-corrected chi connectivity index (χ3v) is 6.43. The van der Waals surface area contributed by atoms with E-state index in [2.05, 4.69) is 15.2 Å². The Balaban J connectivity index is 1.68. The highest BCUT2D eigenvalue weighted by molar-refractivity contribution is 7.89. The molecule has 6 nitrogen and oxygen atoms in total. The average molecular weight is 324 g/mol. The normalized spacial score (nSPS) is 22.0. The van der Waals surface area contributed by atoms with E-state index in [1.165, 1.54) is 31.9 Å². The van der Waals surface area contributed by atoms with Gasteiger partial charge in [0.1, 0.15) is 10.7 Å². The van der Waals surface area contributed by atoms with E-state index in [4.69, 9.17) is 0 Å². The number of likely N-dealkylation sites (N-methyl/N-ethyl adjacent to an activating group) is 1. The number of pyridine rings is 1. The maximum absolute atomic E-state index is 12.6. The third kappa shape index (κ3) is 3.42. The molecule has 1 aromatic heterocycles. The molecule has 2 aliphatic rings. The van der Waals surface area contributed by atoms with Gasteiger partial charge in [-0.05, 0) is 32.0 Å². The fourth-order valence-electron chi connectivity index (χ4n) is 3.08. The molecule has 7 heteroatoms.